The van der Waals surface area contributed by atoms with E-state index in [-0.39, 0.29) is 25.7 Å². The maximum atomic E-state index is 13.1. The molecule has 17 heteroatoms. The lowest BCUT2D eigenvalue weighted by Gasteiger charge is -2.24. The molecule has 1 heterocycles. The highest BCUT2D eigenvalue weighted by atomic mass is 16.4. The monoisotopic (exact) mass is 526 g/mol. The van der Waals surface area contributed by atoms with E-state index in [1.54, 1.807) is 0 Å². The van der Waals surface area contributed by atoms with Crippen molar-refractivity contribution in [1.29, 1.82) is 0 Å². The van der Waals surface area contributed by atoms with Gasteiger partial charge in [-0.3, -0.25) is 28.8 Å². The number of carbonyl (C=O) groups excluding carboxylic acids is 5. The lowest BCUT2D eigenvalue weighted by atomic mass is 10.1. The minimum Gasteiger partial charge on any atom is -0.481 e. The van der Waals surface area contributed by atoms with Crippen LogP contribution in [0.4, 0.5) is 0 Å². The van der Waals surface area contributed by atoms with Gasteiger partial charge in [0.2, 0.25) is 29.5 Å². The second kappa shape index (κ2) is 14.8. The number of imidazole rings is 1. The van der Waals surface area contributed by atoms with Crippen molar-refractivity contribution in [2.45, 2.75) is 62.7 Å². The summed E-state index contributed by atoms with van der Waals surface area (Å²) in [6.45, 7) is 0. The second-order valence-electron chi connectivity index (χ2n) is 8.02. The van der Waals surface area contributed by atoms with Gasteiger partial charge in [0.15, 0.2) is 0 Å². The Morgan fingerprint density at radius 1 is 0.838 bits per heavy atom. The maximum absolute atomic E-state index is 13.1. The van der Waals surface area contributed by atoms with Crippen LogP contribution in [0.3, 0.4) is 0 Å². The zero-order valence-corrected chi connectivity index (χ0v) is 19.6. The highest BCUT2D eigenvalue weighted by Gasteiger charge is 2.31. The number of nitrogens with zero attached hydrogens (tertiary/aromatic N) is 1. The Balaban J connectivity index is 3.08. The first-order valence-electron chi connectivity index (χ1n) is 10.9. The van der Waals surface area contributed by atoms with Crippen molar-refractivity contribution in [2.75, 3.05) is 0 Å². The summed E-state index contributed by atoms with van der Waals surface area (Å²) in [5.74, 6) is -7.36. The minimum atomic E-state index is -1.70. The van der Waals surface area contributed by atoms with E-state index >= 15 is 0 Å². The van der Waals surface area contributed by atoms with E-state index in [2.05, 4.69) is 25.9 Å². The van der Waals surface area contributed by atoms with E-state index in [0.29, 0.717) is 5.69 Å². The quantitative estimate of drug-likeness (QED) is 0.0937. The lowest BCUT2D eigenvalue weighted by molar-refractivity contribution is -0.144. The first-order valence-corrected chi connectivity index (χ1v) is 10.9. The summed E-state index contributed by atoms with van der Waals surface area (Å²) in [6, 6.07) is -5.79. The van der Waals surface area contributed by atoms with E-state index in [4.69, 9.17) is 22.3 Å². The fourth-order valence-electron chi connectivity index (χ4n) is 3.02. The fraction of sp³-hybridized carbons (Fsp3) is 0.500. The van der Waals surface area contributed by atoms with Crippen LogP contribution in [0.1, 0.15) is 37.8 Å². The number of aromatic nitrogens is 2. The molecule has 204 valence electrons. The molecule has 0 saturated heterocycles. The minimum absolute atomic E-state index is 0.146. The third kappa shape index (κ3) is 11.6. The highest BCUT2D eigenvalue weighted by Crippen LogP contribution is 2.05. The molecule has 0 aliphatic heterocycles. The molecule has 1 aromatic heterocycles. The Morgan fingerprint density at radius 2 is 1.43 bits per heavy atom. The Bertz CT molecular complexity index is 998. The summed E-state index contributed by atoms with van der Waals surface area (Å²) in [7, 11) is 0. The number of carboxylic acids is 2. The number of primary amides is 2. The van der Waals surface area contributed by atoms with Gasteiger partial charge in [0.05, 0.1) is 18.8 Å². The van der Waals surface area contributed by atoms with Crippen molar-refractivity contribution in [2.24, 2.45) is 17.2 Å². The molecule has 0 aliphatic rings. The molecule has 0 aromatic carbocycles. The number of rotatable bonds is 17. The van der Waals surface area contributed by atoms with Gasteiger partial charge in [-0.2, -0.15) is 0 Å². The van der Waals surface area contributed by atoms with Crippen LogP contribution in [-0.4, -0.2) is 85.8 Å². The Hall–Kier alpha value is -4.54. The topological polar surface area (TPSA) is 303 Å². The molecule has 17 nitrogen and oxygen atoms in total. The zero-order valence-electron chi connectivity index (χ0n) is 19.6. The predicted molar refractivity (Wildman–Crippen MR) is 123 cm³/mol. The van der Waals surface area contributed by atoms with E-state index in [1.807, 2.05) is 0 Å². The Morgan fingerprint density at radius 3 is 1.95 bits per heavy atom. The molecule has 1 aromatic rings. The first kappa shape index (κ1) is 30.5. The molecule has 4 atom stereocenters. The molecule has 1 rings (SSSR count). The van der Waals surface area contributed by atoms with Gasteiger partial charge < -0.3 is 48.3 Å². The lowest BCUT2D eigenvalue weighted by Crippen LogP contribution is -2.58. The highest BCUT2D eigenvalue weighted by molar-refractivity contribution is 5.95. The molecular formula is C20H30N8O9. The summed E-state index contributed by atoms with van der Waals surface area (Å²) in [6.07, 6.45) is 0.504. The third-order valence-electron chi connectivity index (χ3n) is 4.95. The summed E-state index contributed by atoms with van der Waals surface area (Å²) >= 11 is 0. The van der Waals surface area contributed by atoms with Crippen molar-refractivity contribution in [1.82, 2.24) is 25.9 Å². The summed E-state index contributed by atoms with van der Waals surface area (Å²) in [4.78, 5) is 89.3. The molecule has 5 amide bonds. The van der Waals surface area contributed by atoms with Crippen LogP contribution < -0.4 is 33.2 Å². The molecule has 37 heavy (non-hydrogen) atoms. The average Bonchev–Trinajstić information content (AvgIpc) is 3.31. The van der Waals surface area contributed by atoms with Crippen LogP contribution in [0.15, 0.2) is 12.5 Å². The molecule has 0 saturated carbocycles. The van der Waals surface area contributed by atoms with E-state index < -0.39 is 78.5 Å². The number of amides is 5. The number of nitrogens with two attached hydrogens (primary N) is 3. The number of H-pyrrole nitrogens is 1. The molecule has 0 spiro atoms. The number of hydrogen-bond acceptors (Lipinski definition) is 9. The normalized spacial score (nSPS) is 13.9. The van der Waals surface area contributed by atoms with Gasteiger partial charge in [0.1, 0.15) is 18.1 Å². The molecule has 0 radical (unpaired) electrons. The summed E-state index contributed by atoms with van der Waals surface area (Å²) in [5, 5.41) is 24.8. The van der Waals surface area contributed by atoms with Crippen molar-refractivity contribution in [3.63, 3.8) is 0 Å². The van der Waals surface area contributed by atoms with Crippen LogP contribution in [0.25, 0.3) is 0 Å². The van der Waals surface area contributed by atoms with Crippen molar-refractivity contribution in [3.05, 3.63) is 18.2 Å². The van der Waals surface area contributed by atoms with Crippen LogP contribution in [0.5, 0.6) is 0 Å². The molecule has 0 aliphatic carbocycles. The molecular weight excluding hydrogens is 496 g/mol. The van der Waals surface area contributed by atoms with Crippen LogP contribution in [-0.2, 0) is 40.0 Å². The molecule has 0 bridgehead atoms. The average molecular weight is 527 g/mol. The molecule has 4 unspecified atom stereocenters. The van der Waals surface area contributed by atoms with Crippen molar-refractivity contribution < 1.29 is 43.8 Å². The van der Waals surface area contributed by atoms with E-state index in [0.717, 1.165) is 0 Å². The SMILES string of the molecule is NC(=O)CCC(NC(=O)C(Cc1cnc[nH]1)NC(=O)C(N)CCC(=O)O)C(=O)NC(CC(N)=O)C(=O)O. The summed E-state index contributed by atoms with van der Waals surface area (Å²) < 4.78 is 0. The second-order valence-corrected chi connectivity index (χ2v) is 8.02. The van der Waals surface area contributed by atoms with E-state index in [9.17, 15) is 38.7 Å². The molecule has 0 fully saturated rings. The number of aliphatic carboxylic acids is 2. The van der Waals surface area contributed by atoms with Crippen LogP contribution in [0.2, 0.25) is 0 Å². The standard InChI is InChI=1S/C20H30N8O9/c21-10(1-4-16(31)32)17(33)27-12(5-9-7-24-8-25-9)19(35)26-11(2-3-14(22)29)18(34)28-13(20(36)37)6-15(23)30/h7-8,10-13H,1-6,21H2,(H2,22,29)(H2,23,30)(H,24,25)(H,26,35)(H,27,33)(H,28,34)(H,31,32)(H,36,37). The van der Waals surface area contributed by atoms with Gasteiger partial charge in [-0.15, -0.1) is 0 Å². The number of carbonyl (C=O) groups is 7. The van der Waals surface area contributed by atoms with Gasteiger partial charge in [0, 0.05) is 31.2 Å². The van der Waals surface area contributed by atoms with E-state index in [1.165, 1.54) is 12.5 Å². The number of nitrogens with one attached hydrogen (secondary N) is 4. The van der Waals surface area contributed by atoms with Crippen molar-refractivity contribution in [3.8, 4) is 0 Å². The van der Waals surface area contributed by atoms with Crippen LogP contribution >= 0.6 is 0 Å². The van der Waals surface area contributed by atoms with Gasteiger partial charge in [-0.05, 0) is 12.8 Å². The summed E-state index contributed by atoms with van der Waals surface area (Å²) in [5.41, 5.74) is 16.2. The maximum Gasteiger partial charge on any atom is 0.326 e. The Labute approximate surface area is 209 Å². The van der Waals surface area contributed by atoms with Gasteiger partial charge in [0.25, 0.3) is 0 Å². The van der Waals surface area contributed by atoms with Crippen LogP contribution in [0, 0.1) is 0 Å². The zero-order chi connectivity index (χ0) is 28.1. The van der Waals surface area contributed by atoms with Gasteiger partial charge >= 0.3 is 11.9 Å². The first-order chi connectivity index (χ1) is 17.3. The van der Waals surface area contributed by atoms with Gasteiger partial charge in [-0.1, -0.05) is 0 Å². The largest absolute Gasteiger partial charge is 0.481 e. The van der Waals surface area contributed by atoms with Crippen molar-refractivity contribution >= 4 is 41.5 Å². The van der Waals surface area contributed by atoms with Gasteiger partial charge in [-0.25, -0.2) is 9.78 Å². The fourth-order valence-corrected chi connectivity index (χ4v) is 3.02. The number of carboxylic acid groups (broad SMARTS) is 2. The Kier molecular flexibility index (Phi) is 12.2. The number of hydrogen-bond donors (Lipinski definition) is 9. The smallest absolute Gasteiger partial charge is 0.326 e. The predicted octanol–water partition coefficient (Wildman–Crippen LogP) is -4.18. The molecule has 12 N–H and O–H groups in total. The number of aromatic amines is 1. The third-order valence-corrected chi connectivity index (χ3v) is 4.95.